The Labute approximate surface area is 245 Å². The molecule has 41 heavy (non-hydrogen) atoms. The first-order chi connectivity index (χ1) is 19.7. The third-order valence-corrected chi connectivity index (χ3v) is 9.13. The average molecular weight is 582 g/mol. The molecule has 1 N–H and O–H groups in total. The lowest BCUT2D eigenvalue weighted by Crippen LogP contribution is -2.31. The Bertz CT molecular complexity index is 1750. The normalized spacial score (nSPS) is 15.7. The second kappa shape index (κ2) is 10.6. The van der Waals surface area contributed by atoms with E-state index in [4.69, 9.17) is 4.42 Å². The van der Waals surface area contributed by atoms with Gasteiger partial charge in [0.15, 0.2) is 15.9 Å². The van der Waals surface area contributed by atoms with Crippen LogP contribution in [0.15, 0.2) is 105 Å². The van der Waals surface area contributed by atoms with E-state index in [1.54, 1.807) is 12.1 Å². The van der Waals surface area contributed by atoms with E-state index < -0.39 is 23.5 Å². The molecule has 3 heterocycles. The van der Waals surface area contributed by atoms with Gasteiger partial charge in [-0.05, 0) is 34.2 Å². The number of carbonyl (C=O) groups is 2. The Morgan fingerprint density at radius 3 is 2.41 bits per heavy atom. The predicted octanol–water partition coefficient (Wildman–Crippen LogP) is 7.66. The van der Waals surface area contributed by atoms with Gasteiger partial charge < -0.3 is 9.52 Å². The van der Waals surface area contributed by atoms with E-state index in [0.717, 1.165) is 16.5 Å². The highest BCUT2D eigenvalue weighted by Crippen LogP contribution is 2.44. The molecule has 9 heteroatoms. The summed E-state index contributed by atoms with van der Waals surface area (Å²) < 4.78 is 6.52. The van der Waals surface area contributed by atoms with Crippen LogP contribution in [-0.4, -0.2) is 27.0 Å². The van der Waals surface area contributed by atoms with Gasteiger partial charge in [0.25, 0.3) is 5.91 Å². The fourth-order valence-corrected chi connectivity index (χ4v) is 6.64. The molecule has 1 amide bonds. The molecule has 206 valence electrons. The number of anilines is 1. The van der Waals surface area contributed by atoms with Crippen molar-refractivity contribution in [2.75, 3.05) is 4.90 Å². The van der Waals surface area contributed by atoms with Crippen LogP contribution in [0.5, 0.6) is 0 Å². The van der Waals surface area contributed by atoms with E-state index in [1.165, 1.54) is 28.0 Å². The van der Waals surface area contributed by atoms with Crippen molar-refractivity contribution in [1.82, 2.24) is 10.2 Å². The van der Waals surface area contributed by atoms with Crippen molar-refractivity contribution in [2.45, 2.75) is 42.3 Å². The summed E-state index contributed by atoms with van der Waals surface area (Å²) in [4.78, 5) is 28.8. The van der Waals surface area contributed by atoms with Crippen molar-refractivity contribution in [3.05, 3.63) is 119 Å². The van der Waals surface area contributed by atoms with Gasteiger partial charge in [0.1, 0.15) is 5.58 Å². The number of hydrogen-bond acceptors (Lipinski definition) is 8. The number of ketones is 1. The van der Waals surface area contributed by atoms with Crippen molar-refractivity contribution >= 4 is 50.9 Å². The van der Waals surface area contributed by atoms with E-state index in [1.807, 2.05) is 72.8 Å². The summed E-state index contributed by atoms with van der Waals surface area (Å²) in [5.74, 6) is -1.13. The summed E-state index contributed by atoms with van der Waals surface area (Å²) in [5.41, 5.74) is 3.33. The second-order valence-electron chi connectivity index (χ2n) is 10.8. The van der Waals surface area contributed by atoms with Crippen molar-refractivity contribution in [1.29, 1.82) is 0 Å². The van der Waals surface area contributed by atoms with Gasteiger partial charge in [-0.25, -0.2) is 0 Å². The van der Waals surface area contributed by atoms with Crippen LogP contribution >= 0.6 is 23.1 Å². The van der Waals surface area contributed by atoms with Crippen LogP contribution in [0.4, 0.5) is 5.13 Å². The highest BCUT2D eigenvalue weighted by molar-refractivity contribution is 8.00. The molecule has 1 atom stereocenters. The molecule has 0 radical (unpaired) electrons. The van der Waals surface area contributed by atoms with Crippen LogP contribution in [-0.2, 0) is 16.0 Å². The first kappa shape index (κ1) is 27.0. The number of nitrogens with zero attached hydrogens (tertiary/aromatic N) is 3. The number of benzene rings is 3. The van der Waals surface area contributed by atoms with Crippen molar-refractivity contribution in [3.63, 3.8) is 0 Å². The molecular formula is C32H27N3O4S2. The number of amides is 1. The number of Topliss-reactive ketones (excluding diaryl/α,β-unsaturated/α-hetero) is 1. The van der Waals surface area contributed by atoms with Crippen LogP contribution in [0, 0.1) is 0 Å². The summed E-state index contributed by atoms with van der Waals surface area (Å²) in [5, 5.41) is 20.8. The molecule has 0 spiro atoms. The Kier molecular flexibility index (Phi) is 7.01. The summed E-state index contributed by atoms with van der Waals surface area (Å²) in [7, 11) is 0. The van der Waals surface area contributed by atoms with Crippen LogP contribution in [0.1, 0.15) is 54.1 Å². The molecule has 3 aromatic carbocycles. The smallest absolute Gasteiger partial charge is 0.296 e. The zero-order valence-electron chi connectivity index (χ0n) is 22.7. The van der Waals surface area contributed by atoms with E-state index in [9.17, 15) is 14.7 Å². The zero-order valence-corrected chi connectivity index (χ0v) is 24.3. The van der Waals surface area contributed by atoms with Crippen molar-refractivity contribution < 1.29 is 19.1 Å². The van der Waals surface area contributed by atoms with Gasteiger partial charge in [-0.1, -0.05) is 117 Å². The Morgan fingerprint density at radius 2 is 1.71 bits per heavy atom. The molecular weight excluding hydrogens is 555 g/mol. The lowest BCUT2D eigenvalue weighted by atomic mass is 9.85. The molecule has 1 aliphatic heterocycles. The first-order valence-electron chi connectivity index (χ1n) is 13.1. The molecule has 6 rings (SSSR count). The summed E-state index contributed by atoms with van der Waals surface area (Å²) >= 11 is 2.76. The van der Waals surface area contributed by atoms with E-state index in [2.05, 4.69) is 31.0 Å². The van der Waals surface area contributed by atoms with Crippen LogP contribution in [0.2, 0.25) is 0 Å². The lowest BCUT2D eigenvalue weighted by molar-refractivity contribution is -0.117. The van der Waals surface area contributed by atoms with E-state index in [0.29, 0.717) is 26.4 Å². The van der Waals surface area contributed by atoms with Gasteiger partial charge >= 0.3 is 0 Å². The van der Waals surface area contributed by atoms with Gasteiger partial charge in [-0.3, -0.25) is 14.5 Å². The molecule has 2 aromatic heterocycles. The van der Waals surface area contributed by atoms with Crippen LogP contribution in [0.25, 0.3) is 11.0 Å². The number of hydrogen-bond donors (Lipinski definition) is 1. The number of aliphatic hydroxyl groups excluding tert-OH is 1. The Balaban J connectivity index is 1.39. The number of thioether (sulfide) groups is 1. The van der Waals surface area contributed by atoms with Gasteiger partial charge in [0.05, 0.1) is 11.6 Å². The number of aromatic nitrogens is 2. The second-order valence-corrected chi connectivity index (χ2v) is 13.0. The molecule has 0 aliphatic carbocycles. The topological polar surface area (TPSA) is 96.5 Å². The SMILES string of the molecule is CC(C)(C)c1ccc(C2C(C(=O)c3cc4ccccc4o3)=C(O)C(=O)N2c2nnc(SCc3ccccc3)s2)cc1. The average Bonchev–Trinajstić information content (AvgIpc) is 3.68. The van der Waals surface area contributed by atoms with Crippen molar-refractivity contribution in [2.24, 2.45) is 0 Å². The molecule has 7 nitrogen and oxygen atoms in total. The Morgan fingerprint density at radius 1 is 1.00 bits per heavy atom. The maximum atomic E-state index is 13.9. The molecule has 0 bridgehead atoms. The molecule has 1 unspecified atom stereocenters. The summed E-state index contributed by atoms with van der Waals surface area (Å²) in [6.45, 7) is 6.35. The minimum absolute atomic E-state index is 0.0498. The minimum atomic E-state index is -0.905. The quantitative estimate of drug-likeness (QED) is 0.120. The monoisotopic (exact) mass is 581 g/mol. The molecule has 5 aromatic rings. The number of para-hydroxylation sites is 1. The Hall–Kier alpha value is -4.21. The highest BCUT2D eigenvalue weighted by Gasteiger charge is 2.46. The van der Waals surface area contributed by atoms with Crippen LogP contribution < -0.4 is 4.90 Å². The molecule has 0 fully saturated rings. The van der Waals surface area contributed by atoms with Gasteiger partial charge in [0, 0.05) is 11.1 Å². The standard InChI is InChI=1S/C32H27N3O4S2/c1-32(2,3)22-15-13-20(14-16-22)26-25(27(36)24-17-21-11-7-8-12-23(21)39-24)28(37)29(38)35(26)30-33-34-31(41-30)40-18-19-9-5-4-6-10-19/h4-17,26,37H,18H2,1-3H3. The summed E-state index contributed by atoms with van der Waals surface area (Å²) in [6.07, 6.45) is 0. The fourth-order valence-electron chi connectivity index (χ4n) is 4.82. The fraction of sp³-hybridized carbons (Fsp3) is 0.188. The zero-order chi connectivity index (χ0) is 28.7. The number of carbonyl (C=O) groups excluding carboxylic acids is 2. The lowest BCUT2D eigenvalue weighted by Gasteiger charge is -2.25. The number of furan rings is 1. The number of aliphatic hydroxyl groups is 1. The van der Waals surface area contributed by atoms with Gasteiger partial charge in [-0.2, -0.15) is 0 Å². The summed E-state index contributed by atoms with van der Waals surface area (Å²) in [6, 6.07) is 25.8. The first-order valence-corrected chi connectivity index (χ1v) is 14.9. The number of rotatable bonds is 7. The minimum Gasteiger partial charge on any atom is -0.503 e. The van der Waals surface area contributed by atoms with Crippen molar-refractivity contribution in [3.8, 4) is 0 Å². The maximum absolute atomic E-state index is 13.9. The molecule has 1 aliphatic rings. The molecule has 0 saturated carbocycles. The van der Waals surface area contributed by atoms with Gasteiger partial charge in [-0.15, -0.1) is 10.2 Å². The third-order valence-electron chi connectivity index (χ3n) is 7.00. The highest BCUT2D eigenvalue weighted by atomic mass is 32.2. The van der Waals surface area contributed by atoms with Crippen LogP contribution in [0.3, 0.4) is 0 Å². The largest absolute Gasteiger partial charge is 0.503 e. The van der Waals surface area contributed by atoms with E-state index >= 15 is 0 Å². The maximum Gasteiger partial charge on any atom is 0.296 e. The molecule has 0 saturated heterocycles. The third kappa shape index (κ3) is 5.18. The number of fused-ring (bicyclic) bond motifs is 1. The predicted molar refractivity (Wildman–Crippen MR) is 161 cm³/mol. The van der Waals surface area contributed by atoms with Gasteiger partial charge in [0.2, 0.25) is 10.9 Å². The van der Waals surface area contributed by atoms with E-state index in [-0.39, 0.29) is 16.7 Å².